The van der Waals surface area contributed by atoms with Gasteiger partial charge in [0.15, 0.2) is 11.5 Å². The number of rotatable bonds is 14. The lowest BCUT2D eigenvalue weighted by Gasteiger charge is -2.33. The molecule has 0 aromatic heterocycles. The predicted octanol–water partition coefficient (Wildman–Crippen LogP) is 4.19. The number of benzene rings is 3. The molecule has 0 spiro atoms. The molecule has 10 heteroatoms. The van der Waals surface area contributed by atoms with Gasteiger partial charge in [0, 0.05) is 25.6 Å². The molecule has 2 amide bonds. The highest BCUT2D eigenvalue weighted by molar-refractivity contribution is 7.92. The normalized spacial score (nSPS) is 12.0. The Bertz CT molecular complexity index is 1460. The van der Waals surface area contributed by atoms with Crippen LogP contribution in [0.4, 0.5) is 5.69 Å². The minimum absolute atomic E-state index is 0.122. The zero-order valence-electron chi connectivity index (χ0n) is 25.2. The standard InChI is InChI=1S/C32H41N3O6S/c1-23(2)20-33-32(37)28(18-25-12-8-7-9-13-25)34(21-26-14-10-11-24(3)17-26)31(36)22-35(42(6,38)39)27-15-16-29(40-4)30(19-27)41-5/h7-17,19,23,28H,18,20-22H2,1-6H3,(H,33,37). The number of aryl methyl sites for hydroxylation is 1. The Balaban J connectivity index is 2.07. The second kappa shape index (κ2) is 14.7. The summed E-state index contributed by atoms with van der Waals surface area (Å²) in [6.07, 6.45) is 1.30. The van der Waals surface area contributed by atoms with E-state index in [2.05, 4.69) is 5.32 Å². The molecule has 0 heterocycles. The average Bonchev–Trinajstić information content (AvgIpc) is 2.95. The Morgan fingerprint density at radius 2 is 1.55 bits per heavy atom. The molecular weight excluding hydrogens is 554 g/mol. The lowest BCUT2D eigenvalue weighted by Crippen LogP contribution is -2.53. The maximum Gasteiger partial charge on any atom is 0.244 e. The van der Waals surface area contributed by atoms with Crippen LogP contribution in [0.2, 0.25) is 0 Å². The van der Waals surface area contributed by atoms with Gasteiger partial charge in [-0.2, -0.15) is 0 Å². The first kappa shape index (κ1) is 32.5. The number of hydrogen-bond acceptors (Lipinski definition) is 6. The van der Waals surface area contributed by atoms with E-state index in [0.29, 0.717) is 18.0 Å². The molecule has 3 aromatic carbocycles. The van der Waals surface area contributed by atoms with Crippen molar-refractivity contribution in [1.82, 2.24) is 10.2 Å². The van der Waals surface area contributed by atoms with Crippen LogP contribution in [0, 0.1) is 12.8 Å². The van der Waals surface area contributed by atoms with Crippen molar-refractivity contribution in [2.75, 3.05) is 37.9 Å². The Kier molecular flexibility index (Phi) is 11.4. The molecule has 0 aliphatic rings. The number of nitrogens with zero attached hydrogens (tertiary/aromatic N) is 2. The molecule has 0 aliphatic carbocycles. The van der Waals surface area contributed by atoms with Crippen molar-refractivity contribution >= 4 is 27.5 Å². The first-order valence-corrected chi connectivity index (χ1v) is 15.6. The molecule has 1 atom stereocenters. The first-order chi connectivity index (χ1) is 19.9. The highest BCUT2D eigenvalue weighted by Crippen LogP contribution is 2.32. The number of amides is 2. The summed E-state index contributed by atoms with van der Waals surface area (Å²) in [7, 11) is -0.977. The molecule has 0 saturated carbocycles. The van der Waals surface area contributed by atoms with E-state index in [9.17, 15) is 18.0 Å². The molecule has 3 rings (SSSR count). The van der Waals surface area contributed by atoms with Gasteiger partial charge in [-0.3, -0.25) is 13.9 Å². The number of nitrogens with one attached hydrogen (secondary N) is 1. The smallest absolute Gasteiger partial charge is 0.244 e. The topological polar surface area (TPSA) is 105 Å². The average molecular weight is 596 g/mol. The molecule has 0 fully saturated rings. The Morgan fingerprint density at radius 3 is 2.14 bits per heavy atom. The lowest BCUT2D eigenvalue weighted by atomic mass is 10.0. The van der Waals surface area contributed by atoms with Crippen LogP contribution in [-0.2, 0) is 32.6 Å². The van der Waals surface area contributed by atoms with Gasteiger partial charge in [0.25, 0.3) is 0 Å². The van der Waals surface area contributed by atoms with Crippen LogP contribution in [0.15, 0.2) is 72.8 Å². The number of sulfonamides is 1. The van der Waals surface area contributed by atoms with E-state index in [1.54, 1.807) is 12.1 Å². The fraction of sp³-hybridized carbons (Fsp3) is 0.375. The van der Waals surface area contributed by atoms with Crippen molar-refractivity contribution in [2.45, 2.75) is 39.8 Å². The zero-order chi connectivity index (χ0) is 30.9. The molecule has 0 radical (unpaired) electrons. The summed E-state index contributed by atoms with van der Waals surface area (Å²) in [5.74, 6) is 0.135. The van der Waals surface area contributed by atoms with Gasteiger partial charge in [0.2, 0.25) is 21.8 Å². The SMILES string of the molecule is COc1ccc(N(CC(=O)N(Cc2cccc(C)c2)C(Cc2ccccc2)C(=O)NCC(C)C)S(C)(=O)=O)cc1OC. The summed E-state index contributed by atoms with van der Waals surface area (Å²) in [5.41, 5.74) is 2.95. The van der Waals surface area contributed by atoms with E-state index in [1.165, 1.54) is 25.2 Å². The Labute approximate surface area is 249 Å². The van der Waals surface area contributed by atoms with Crippen molar-refractivity contribution in [2.24, 2.45) is 5.92 Å². The van der Waals surface area contributed by atoms with Gasteiger partial charge >= 0.3 is 0 Å². The molecule has 1 unspecified atom stereocenters. The number of anilines is 1. The zero-order valence-corrected chi connectivity index (χ0v) is 26.0. The molecule has 226 valence electrons. The van der Waals surface area contributed by atoms with Gasteiger partial charge in [-0.05, 0) is 36.1 Å². The minimum Gasteiger partial charge on any atom is -0.493 e. The van der Waals surface area contributed by atoms with Gasteiger partial charge in [-0.15, -0.1) is 0 Å². The van der Waals surface area contributed by atoms with E-state index in [4.69, 9.17) is 9.47 Å². The summed E-state index contributed by atoms with van der Waals surface area (Å²) in [5, 5.41) is 2.98. The molecule has 9 nitrogen and oxygen atoms in total. The van der Waals surface area contributed by atoms with Gasteiger partial charge in [0.05, 0.1) is 26.2 Å². The third-order valence-electron chi connectivity index (χ3n) is 6.73. The fourth-order valence-electron chi connectivity index (χ4n) is 4.58. The lowest BCUT2D eigenvalue weighted by molar-refractivity contribution is -0.140. The largest absolute Gasteiger partial charge is 0.493 e. The molecule has 3 aromatic rings. The summed E-state index contributed by atoms with van der Waals surface area (Å²) >= 11 is 0. The van der Waals surface area contributed by atoms with E-state index < -0.39 is 28.5 Å². The van der Waals surface area contributed by atoms with Crippen molar-refractivity contribution in [1.29, 1.82) is 0 Å². The van der Waals surface area contributed by atoms with Gasteiger partial charge in [-0.1, -0.05) is 74.0 Å². The molecule has 1 N–H and O–H groups in total. The summed E-state index contributed by atoms with van der Waals surface area (Å²) in [6, 6.07) is 20.9. The van der Waals surface area contributed by atoms with E-state index in [0.717, 1.165) is 27.3 Å². The van der Waals surface area contributed by atoms with Crippen molar-refractivity contribution in [3.8, 4) is 11.5 Å². The van der Waals surface area contributed by atoms with Gasteiger partial charge in [-0.25, -0.2) is 8.42 Å². The molecule has 0 saturated heterocycles. The van der Waals surface area contributed by atoms with Crippen LogP contribution in [0.25, 0.3) is 0 Å². The van der Waals surface area contributed by atoms with Crippen LogP contribution in [0.1, 0.15) is 30.5 Å². The molecular formula is C32H41N3O6S. The first-order valence-electron chi connectivity index (χ1n) is 13.8. The second-order valence-corrected chi connectivity index (χ2v) is 12.6. The highest BCUT2D eigenvalue weighted by Gasteiger charge is 2.33. The van der Waals surface area contributed by atoms with Crippen molar-refractivity contribution < 1.29 is 27.5 Å². The summed E-state index contributed by atoms with van der Waals surface area (Å²) in [6.45, 7) is 6.00. The van der Waals surface area contributed by atoms with E-state index in [-0.39, 0.29) is 30.5 Å². The van der Waals surface area contributed by atoms with Crippen molar-refractivity contribution in [3.05, 3.63) is 89.5 Å². The van der Waals surface area contributed by atoms with Crippen molar-refractivity contribution in [3.63, 3.8) is 0 Å². The fourth-order valence-corrected chi connectivity index (χ4v) is 5.42. The van der Waals surface area contributed by atoms with E-state index >= 15 is 0 Å². The minimum atomic E-state index is -3.91. The number of ether oxygens (including phenoxy) is 2. The number of hydrogen-bond donors (Lipinski definition) is 1. The third-order valence-corrected chi connectivity index (χ3v) is 7.87. The van der Waals surface area contributed by atoms with Crippen LogP contribution < -0.4 is 19.1 Å². The quantitative estimate of drug-likeness (QED) is 0.300. The maximum absolute atomic E-state index is 14.2. The van der Waals surface area contributed by atoms with E-state index in [1.807, 2.05) is 75.4 Å². The predicted molar refractivity (Wildman–Crippen MR) is 165 cm³/mol. The van der Waals surface area contributed by atoms with Crippen LogP contribution in [-0.4, -0.2) is 64.7 Å². The highest BCUT2D eigenvalue weighted by atomic mass is 32.2. The molecule has 0 bridgehead atoms. The maximum atomic E-state index is 14.2. The van der Waals surface area contributed by atoms with Gasteiger partial charge in [0.1, 0.15) is 12.6 Å². The summed E-state index contributed by atoms with van der Waals surface area (Å²) in [4.78, 5) is 29.4. The summed E-state index contributed by atoms with van der Waals surface area (Å²) < 4.78 is 37.7. The molecule has 0 aliphatic heterocycles. The second-order valence-electron chi connectivity index (χ2n) is 10.7. The number of methoxy groups -OCH3 is 2. The number of carbonyl (C=O) groups is 2. The third kappa shape index (κ3) is 8.97. The Hall–Kier alpha value is -4.05. The number of carbonyl (C=O) groups excluding carboxylic acids is 2. The Morgan fingerprint density at radius 1 is 0.881 bits per heavy atom. The molecule has 42 heavy (non-hydrogen) atoms. The van der Waals surface area contributed by atoms with Gasteiger partial charge < -0.3 is 19.7 Å². The van der Waals surface area contributed by atoms with Crippen LogP contribution in [0.5, 0.6) is 11.5 Å². The monoisotopic (exact) mass is 595 g/mol. The van der Waals surface area contributed by atoms with Crippen LogP contribution in [0.3, 0.4) is 0 Å². The van der Waals surface area contributed by atoms with Crippen LogP contribution >= 0.6 is 0 Å².